The summed E-state index contributed by atoms with van der Waals surface area (Å²) in [4.78, 5) is 3.60. The number of hydrogen-bond acceptors (Lipinski definition) is 5. The molecule has 2 atom stereocenters. The van der Waals surface area contributed by atoms with Gasteiger partial charge in [-0.3, -0.25) is 0 Å². The lowest BCUT2D eigenvalue weighted by atomic mass is 9.73. The largest absolute Gasteiger partial charge is 0.419 e. The first-order chi connectivity index (χ1) is 13.7. The minimum atomic E-state index is -4.67. The Morgan fingerprint density at radius 2 is 2.00 bits per heavy atom. The van der Waals surface area contributed by atoms with Crippen LogP contribution in [0, 0.1) is 24.1 Å². The van der Waals surface area contributed by atoms with Crippen LogP contribution in [0.15, 0.2) is 30.5 Å². The third-order valence-electron chi connectivity index (χ3n) is 5.46. The van der Waals surface area contributed by atoms with E-state index in [0.717, 1.165) is 25.3 Å². The second-order valence-electron chi connectivity index (χ2n) is 7.45. The Labute approximate surface area is 164 Å². The van der Waals surface area contributed by atoms with E-state index in [4.69, 9.17) is 10.00 Å². The minimum absolute atomic E-state index is 0.125. The summed E-state index contributed by atoms with van der Waals surface area (Å²) in [6, 6.07) is 7.23. The third-order valence-corrected chi connectivity index (χ3v) is 5.46. The van der Waals surface area contributed by atoms with E-state index in [1.807, 2.05) is 0 Å². The first-order valence-electron chi connectivity index (χ1n) is 9.15. The van der Waals surface area contributed by atoms with Crippen LogP contribution in [0.3, 0.4) is 0 Å². The summed E-state index contributed by atoms with van der Waals surface area (Å²) in [5.41, 5.74) is -0.842. The molecule has 1 aliphatic heterocycles. The van der Waals surface area contributed by atoms with Gasteiger partial charge in [0, 0.05) is 5.69 Å². The summed E-state index contributed by atoms with van der Waals surface area (Å²) in [7, 11) is 0. The molecule has 2 unspecified atom stereocenters. The Balaban J connectivity index is 1.48. The van der Waals surface area contributed by atoms with Crippen LogP contribution in [-0.4, -0.2) is 22.9 Å². The number of nitriles is 1. The summed E-state index contributed by atoms with van der Waals surface area (Å²) in [5.74, 6) is -0.306. The Hall–Kier alpha value is -2.86. The fourth-order valence-electron chi connectivity index (χ4n) is 3.65. The fraction of sp³-hybridized carbons (Fsp3) is 0.400. The number of alkyl halides is 3. The number of nitrogens with one attached hydrogen (secondary N) is 2. The van der Waals surface area contributed by atoms with Gasteiger partial charge in [-0.05, 0) is 49.9 Å². The van der Waals surface area contributed by atoms with Gasteiger partial charge in [0.1, 0.15) is 18.0 Å². The summed E-state index contributed by atoms with van der Waals surface area (Å²) in [6.45, 7) is 1.68. The molecule has 29 heavy (non-hydrogen) atoms. The molecule has 1 aromatic carbocycles. The van der Waals surface area contributed by atoms with Crippen LogP contribution in [0.4, 0.5) is 28.9 Å². The molecule has 2 N–H and O–H groups in total. The zero-order valence-electron chi connectivity index (χ0n) is 15.5. The molecule has 1 aromatic heterocycles. The molecule has 0 amide bonds. The molecule has 1 aliphatic carbocycles. The van der Waals surface area contributed by atoms with Crippen molar-refractivity contribution in [3.63, 3.8) is 0 Å². The molecule has 2 aromatic rings. The van der Waals surface area contributed by atoms with Crippen LogP contribution in [0.25, 0.3) is 0 Å². The predicted octanol–water partition coefficient (Wildman–Crippen LogP) is 4.59. The van der Waals surface area contributed by atoms with Gasteiger partial charge in [0.15, 0.2) is 11.9 Å². The van der Waals surface area contributed by atoms with Crippen LogP contribution in [0.1, 0.15) is 36.1 Å². The Kier molecular flexibility index (Phi) is 4.62. The minimum Gasteiger partial charge on any atom is -0.377 e. The van der Waals surface area contributed by atoms with E-state index in [1.54, 1.807) is 19.1 Å². The van der Waals surface area contributed by atoms with Crippen molar-refractivity contribution < 1.29 is 22.3 Å². The maximum absolute atomic E-state index is 13.8. The Bertz CT molecular complexity index is 981. The van der Waals surface area contributed by atoms with Gasteiger partial charge in [0.25, 0.3) is 0 Å². The quantitative estimate of drug-likeness (QED) is 0.561. The van der Waals surface area contributed by atoms with Gasteiger partial charge in [-0.2, -0.15) is 18.4 Å². The molecule has 9 heteroatoms. The zero-order valence-corrected chi connectivity index (χ0v) is 15.5. The van der Waals surface area contributed by atoms with E-state index in [9.17, 15) is 17.6 Å². The monoisotopic (exact) mass is 406 g/mol. The average Bonchev–Trinajstić information content (AvgIpc) is 3.39. The number of hydrogen-bond donors (Lipinski definition) is 2. The van der Waals surface area contributed by atoms with Crippen molar-refractivity contribution in [2.75, 3.05) is 10.6 Å². The lowest BCUT2D eigenvalue weighted by molar-refractivity contribution is -0.138. The molecule has 2 aliphatic rings. The lowest BCUT2D eigenvalue weighted by Gasteiger charge is -2.42. The first-order valence-corrected chi connectivity index (χ1v) is 9.15. The number of nitrogens with zero attached hydrogens (tertiary/aromatic N) is 2. The molecule has 2 heterocycles. The Morgan fingerprint density at radius 3 is 2.59 bits per heavy atom. The van der Waals surface area contributed by atoms with Gasteiger partial charge < -0.3 is 15.4 Å². The highest BCUT2D eigenvalue weighted by atomic mass is 19.4. The van der Waals surface area contributed by atoms with Gasteiger partial charge >= 0.3 is 6.18 Å². The SMILES string of the molecule is Cc1ccc(NC2(C3OC3Nc3cnc(C#N)c(C(F)(F)F)c3)CCC2)cc1F. The molecule has 1 saturated heterocycles. The summed E-state index contributed by atoms with van der Waals surface area (Å²) in [5, 5.41) is 15.1. The number of epoxide rings is 1. The van der Waals surface area contributed by atoms with Gasteiger partial charge in [-0.25, -0.2) is 9.37 Å². The van der Waals surface area contributed by atoms with E-state index in [-0.39, 0.29) is 17.6 Å². The predicted molar refractivity (Wildman–Crippen MR) is 97.6 cm³/mol. The first kappa shape index (κ1) is 19.5. The van der Waals surface area contributed by atoms with Crippen LogP contribution in [0.2, 0.25) is 0 Å². The number of anilines is 2. The normalized spacial score (nSPS) is 22.3. The number of pyridine rings is 1. The van der Waals surface area contributed by atoms with E-state index in [0.29, 0.717) is 11.3 Å². The maximum atomic E-state index is 13.8. The maximum Gasteiger partial charge on any atom is 0.419 e. The number of halogens is 4. The number of ether oxygens (including phenoxy) is 1. The standard InChI is InChI=1S/C20H18F4N4O/c1-11-3-4-12(8-15(11)21)28-19(5-2-6-19)17-18(29-17)27-13-7-14(20(22,23)24)16(9-25)26-10-13/h3-4,7-8,10,17-18,27-28H,2,5-6H2,1H3. The second-order valence-corrected chi connectivity index (χ2v) is 7.45. The van der Waals surface area contributed by atoms with Crippen molar-refractivity contribution in [2.24, 2.45) is 0 Å². The number of rotatable bonds is 5. The molecule has 0 bridgehead atoms. The highest BCUT2D eigenvalue weighted by Crippen LogP contribution is 2.47. The summed E-state index contributed by atoms with van der Waals surface area (Å²) < 4.78 is 58.9. The topological polar surface area (TPSA) is 73.3 Å². The van der Waals surface area contributed by atoms with E-state index < -0.39 is 29.2 Å². The van der Waals surface area contributed by atoms with Crippen LogP contribution in [0.5, 0.6) is 0 Å². The van der Waals surface area contributed by atoms with Gasteiger partial charge in [-0.15, -0.1) is 0 Å². The van der Waals surface area contributed by atoms with E-state index in [2.05, 4.69) is 15.6 Å². The number of aryl methyl sites for hydroxylation is 1. The molecule has 152 valence electrons. The van der Waals surface area contributed by atoms with E-state index in [1.165, 1.54) is 18.3 Å². The fourth-order valence-corrected chi connectivity index (χ4v) is 3.65. The van der Waals surface area contributed by atoms with Crippen molar-refractivity contribution in [2.45, 2.75) is 50.2 Å². The second kappa shape index (κ2) is 6.88. The average molecular weight is 406 g/mol. The van der Waals surface area contributed by atoms with E-state index >= 15 is 0 Å². The van der Waals surface area contributed by atoms with Gasteiger partial charge in [0.05, 0.1) is 23.0 Å². The van der Waals surface area contributed by atoms with Crippen molar-refractivity contribution in [3.05, 3.63) is 53.1 Å². The zero-order chi connectivity index (χ0) is 20.8. The lowest BCUT2D eigenvalue weighted by Crippen LogP contribution is -2.51. The number of benzene rings is 1. The molecule has 5 nitrogen and oxygen atoms in total. The summed E-state index contributed by atoms with van der Waals surface area (Å²) >= 11 is 0. The van der Waals surface area contributed by atoms with Gasteiger partial charge in [0.2, 0.25) is 0 Å². The highest BCUT2D eigenvalue weighted by Gasteiger charge is 2.58. The molecule has 0 radical (unpaired) electrons. The van der Waals surface area contributed by atoms with Crippen molar-refractivity contribution >= 4 is 11.4 Å². The third kappa shape index (κ3) is 3.72. The van der Waals surface area contributed by atoms with Crippen LogP contribution >= 0.6 is 0 Å². The Morgan fingerprint density at radius 1 is 1.24 bits per heavy atom. The smallest absolute Gasteiger partial charge is 0.377 e. The van der Waals surface area contributed by atoms with Crippen LogP contribution in [-0.2, 0) is 10.9 Å². The van der Waals surface area contributed by atoms with Crippen molar-refractivity contribution in [3.8, 4) is 6.07 Å². The molecule has 1 saturated carbocycles. The number of aromatic nitrogens is 1. The highest BCUT2D eigenvalue weighted by molar-refractivity contribution is 5.52. The van der Waals surface area contributed by atoms with Crippen molar-refractivity contribution in [1.82, 2.24) is 4.98 Å². The molecular weight excluding hydrogens is 388 g/mol. The molecule has 2 fully saturated rings. The van der Waals surface area contributed by atoms with Crippen LogP contribution < -0.4 is 10.6 Å². The molecular formula is C20H18F4N4O. The van der Waals surface area contributed by atoms with Gasteiger partial charge in [-0.1, -0.05) is 6.07 Å². The molecule has 4 rings (SSSR count). The van der Waals surface area contributed by atoms with Crippen molar-refractivity contribution in [1.29, 1.82) is 5.26 Å². The molecule has 0 spiro atoms. The summed E-state index contributed by atoms with van der Waals surface area (Å²) in [6.07, 6.45) is -1.66.